The van der Waals surface area contributed by atoms with E-state index in [0.29, 0.717) is 29.4 Å². The summed E-state index contributed by atoms with van der Waals surface area (Å²) in [4.78, 5) is 23.8. The van der Waals surface area contributed by atoms with Crippen LogP contribution in [0.25, 0.3) is 0 Å². The fourth-order valence-electron chi connectivity index (χ4n) is 2.00. The van der Waals surface area contributed by atoms with Gasteiger partial charge in [0.05, 0.1) is 13.3 Å². The maximum absolute atomic E-state index is 11.9. The highest BCUT2D eigenvalue weighted by atomic mass is 79.9. The maximum atomic E-state index is 11.9. The summed E-state index contributed by atoms with van der Waals surface area (Å²) in [5, 5.41) is 6.28. The molecule has 0 radical (unpaired) electrons. The number of carbonyl (C=O) groups excluding carboxylic acids is 2. The van der Waals surface area contributed by atoms with Crippen molar-refractivity contribution in [2.45, 2.75) is 0 Å². The van der Waals surface area contributed by atoms with E-state index in [2.05, 4.69) is 38.4 Å². The summed E-state index contributed by atoms with van der Waals surface area (Å²) >= 11 is 3.36. The molecule has 2 aromatic carbocycles. The van der Waals surface area contributed by atoms with Crippen molar-refractivity contribution >= 4 is 39.6 Å². The predicted octanol–water partition coefficient (Wildman–Crippen LogP) is 3.11. The van der Waals surface area contributed by atoms with Gasteiger partial charge in [-0.05, 0) is 30.3 Å². The molecule has 0 unspecified atom stereocenters. The van der Waals surface area contributed by atoms with Crippen LogP contribution in [0.2, 0.25) is 0 Å². The van der Waals surface area contributed by atoms with Crippen LogP contribution in [0.4, 0.5) is 5.69 Å². The van der Waals surface area contributed by atoms with Crippen molar-refractivity contribution < 1.29 is 19.1 Å². The van der Waals surface area contributed by atoms with Crippen molar-refractivity contribution in [1.29, 1.82) is 0 Å². The van der Waals surface area contributed by atoms with E-state index >= 15 is 0 Å². The Balaban J connectivity index is 1.98. The van der Waals surface area contributed by atoms with E-state index in [9.17, 15) is 9.59 Å². The van der Waals surface area contributed by atoms with Crippen LogP contribution in [0.1, 0.15) is 5.56 Å². The lowest BCUT2D eigenvalue weighted by Gasteiger charge is -2.07. The topological polar surface area (TPSA) is 89.0 Å². The van der Waals surface area contributed by atoms with Crippen LogP contribution in [0.15, 0.2) is 64.7 Å². The zero-order chi connectivity index (χ0) is 19.6. The summed E-state index contributed by atoms with van der Waals surface area (Å²) in [5.41, 5.74) is 3.24. The lowest BCUT2D eigenvalue weighted by molar-refractivity contribution is -0.136. The van der Waals surface area contributed by atoms with Gasteiger partial charge in [-0.15, -0.1) is 0 Å². The second kappa shape index (κ2) is 10.1. The molecular weight excluding hydrogens is 414 g/mol. The lowest BCUT2D eigenvalue weighted by Crippen LogP contribution is -2.32. The normalized spacial score (nSPS) is 10.3. The summed E-state index contributed by atoms with van der Waals surface area (Å²) in [7, 11) is 1.51. The molecule has 0 atom stereocenters. The third kappa shape index (κ3) is 6.27. The van der Waals surface area contributed by atoms with Crippen molar-refractivity contribution in [3.05, 3.63) is 65.2 Å². The van der Waals surface area contributed by atoms with Gasteiger partial charge in [0.2, 0.25) is 0 Å². The molecule has 2 aromatic rings. The SMILES string of the molecule is C=CCOc1ccc(Br)cc1/C=N/NC(=O)C(=O)Nc1cccc(OC)c1. The molecule has 7 nitrogen and oxygen atoms in total. The van der Waals surface area contributed by atoms with Crippen LogP contribution in [0.5, 0.6) is 11.5 Å². The van der Waals surface area contributed by atoms with E-state index in [1.807, 2.05) is 6.07 Å². The van der Waals surface area contributed by atoms with Gasteiger partial charge in [-0.1, -0.05) is 34.7 Å². The van der Waals surface area contributed by atoms with Gasteiger partial charge in [0.1, 0.15) is 18.1 Å². The van der Waals surface area contributed by atoms with Crippen LogP contribution in [-0.4, -0.2) is 31.7 Å². The molecule has 2 N–H and O–H groups in total. The van der Waals surface area contributed by atoms with E-state index in [4.69, 9.17) is 9.47 Å². The van der Waals surface area contributed by atoms with Gasteiger partial charge in [0.25, 0.3) is 0 Å². The van der Waals surface area contributed by atoms with E-state index in [1.165, 1.54) is 13.3 Å². The first-order valence-corrected chi connectivity index (χ1v) is 8.64. The van der Waals surface area contributed by atoms with Crippen molar-refractivity contribution in [3.8, 4) is 11.5 Å². The average Bonchev–Trinajstić information content (AvgIpc) is 2.67. The van der Waals surface area contributed by atoms with Gasteiger partial charge in [0.15, 0.2) is 0 Å². The van der Waals surface area contributed by atoms with E-state index in [1.54, 1.807) is 42.5 Å². The van der Waals surface area contributed by atoms with Crippen molar-refractivity contribution in [2.75, 3.05) is 19.0 Å². The van der Waals surface area contributed by atoms with Crippen molar-refractivity contribution in [1.82, 2.24) is 5.43 Å². The van der Waals surface area contributed by atoms with Crippen LogP contribution in [0, 0.1) is 0 Å². The first-order chi connectivity index (χ1) is 13.0. The highest BCUT2D eigenvalue weighted by Gasteiger charge is 2.13. The third-order valence-electron chi connectivity index (χ3n) is 3.23. The molecule has 0 saturated heterocycles. The molecule has 0 bridgehead atoms. The number of hydrazone groups is 1. The number of nitrogens with one attached hydrogen (secondary N) is 2. The molecule has 0 aliphatic carbocycles. The summed E-state index contributed by atoms with van der Waals surface area (Å²) in [5.74, 6) is -0.625. The smallest absolute Gasteiger partial charge is 0.329 e. The number of rotatable bonds is 7. The molecule has 27 heavy (non-hydrogen) atoms. The Kier molecular flexibility index (Phi) is 7.57. The van der Waals surface area contributed by atoms with Gasteiger partial charge in [-0.2, -0.15) is 5.10 Å². The van der Waals surface area contributed by atoms with Crippen LogP contribution in [-0.2, 0) is 9.59 Å². The molecule has 8 heteroatoms. The fraction of sp³-hybridized carbons (Fsp3) is 0.105. The Morgan fingerprint density at radius 2 is 2.04 bits per heavy atom. The summed E-state index contributed by atoms with van der Waals surface area (Å²) in [6.45, 7) is 3.93. The number of ether oxygens (including phenoxy) is 2. The number of amides is 2. The van der Waals surface area contributed by atoms with Crippen LogP contribution >= 0.6 is 15.9 Å². The first-order valence-electron chi connectivity index (χ1n) is 7.85. The monoisotopic (exact) mass is 431 g/mol. The molecule has 0 aliphatic heterocycles. The maximum Gasteiger partial charge on any atom is 0.329 e. The van der Waals surface area contributed by atoms with Gasteiger partial charge >= 0.3 is 11.8 Å². The standard InChI is InChI=1S/C19H18BrN3O4/c1-3-9-27-17-8-7-14(20)10-13(17)12-21-23-19(25)18(24)22-15-5-4-6-16(11-15)26-2/h3-8,10-12H,1,9H2,2H3,(H,22,24)(H,23,25)/b21-12+. The minimum atomic E-state index is -0.905. The number of nitrogens with zero attached hydrogens (tertiary/aromatic N) is 1. The number of benzene rings is 2. The number of hydrogen-bond donors (Lipinski definition) is 2. The number of halogens is 1. The molecular formula is C19H18BrN3O4. The molecule has 0 saturated carbocycles. The summed E-state index contributed by atoms with van der Waals surface area (Å²) < 4.78 is 11.4. The van der Waals surface area contributed by atoms with Crippen LogP contribution in [0.3, 0.4) is 0 Å². The minimum absolute atomic E-state index is 0.331. The van der Waals surface area contributed by atoms with Crippen molar-refractivity contribution in [2.24, 2.45) is 5.10 Å². The average molecular weight is 432 g/mol. The lowest BCUT2D eigenvalue weighted by atomic mass is 10.2. The first kappa shape index (κ1) is 20.2. The van der Waals surface area contributed by atoms with E-state index in [-0.39, 0.29) is 0 Å². The highest BCUT2D eigenvalue weighted by Crippen LogP contribution is 2.21. The van der Waals surface area contributed by atoms with E-state index < -0.39 is 11.8 Å². The molecule has 0 aromatic heterocycles. The second-order valence-corrected chi connectivity index (χ2v) is 6.08. The zero-order valence-corrected chi connectivity index (χ0v) is 16.2. The fourth-order valence-corrected chi connectivity index (χ4v) is 2.38. The summed E-state index contributed by atoms with van der Waals surface area (Å²) in [6.07, 6.45) is 3.01. The quantitative estimate of drug-likeness (QED) is 0.305. The molecule has 0 spiro atoms. The summed E-state index contributed by atoms with van der Waals surface area (Å²) in [6, 6.07) is 12.0. The Labute approximate surface area is 165 Å². The number of hydrogen-bond acceptors (Lipinski definition) is 5. The van der Waals surface area contributed by atoms with Gasteiger partial charge in [-0.3, -0.25) is 9.59 Å². The number of methoxy groups -OCH3 is 1. The Morgan fingerprint density at radius 3 is 2.78 bits per heavy atom. The Bertz CT molecular complexity index is 868. The molecule has 0 heterocycles. The molecule has 140 valence electrons. The van der Waals surface area contributed by atoms with Crippen LogP contribution < -0.4 is 20.2 Å². The minimum Gasteiger partial charge on any atom is -0.497 e. The molecule has 2 amide bonds. The number of anilines is 1. The van der Waals surface area contributed by atoms with Gasteiger partial charge in [0, 0.05) is 21.8 Å². The molecule has 2 rings (SSSR count). The second-order valence-electron chi connectivity index (χ2n) is 5.17. The highest BCUT2D eigenvalue weighted by molar-refractivity contribution is 9.10. The van der Waals surface area contributed by atoms with Gasteiger partial charge in [-0.25, -0.2) is 5.43 Å². The van der Waals surface area contributed by atoms with E-state index in [0.717, 1.165) is 4.47 Å². The molecule has 0 fully saturated rings. The van der Waals surface area contributed by atoms with Crippen molar-refractivity contribution in [3.63, 3.8) is 0 Å². The Morgan fingerprint density at radius 1 is 1.22 bits per heavy atom. The molecule has 0 aliphatic rings. The number of carbonyl (C=O) groups is 2. The zero-order valence-electron chi connectivity index (χ0n) is 14.6. The Hall–Kier alpha value is -3.13. The predicted molar refractivity (Wildman–Crippen MR) is 107 cm³/mol. The largest absolute Gasteiger partial charge is 0.497 e. The third-order valence-corrected chi connectivity index (χ3v) is 3.73. The van der Waals surface area contributed by atoms with Gasteiger partial charge < -0.3 is 14.8 Å².